The van der Waals surface area contributed by atoms with Crippen LogP contribution in [0.4, 0.5) is 5.69 Å². The number of rotatable bonds is 6. The highest BCUT2D eigenvalue weighted by Crippen LogP contribution is 2.20. The molecule has 1 N–H and O–H groups in total. The van der Waals surface area contributed by atoms with Crippen LogP contribution in [-0.4, -0.2) is 24.7 Å². The van der Waals surface area contributed by atoms with E-state index in [4.69, 9.17) is 16.3 Å². The maximum atomic E-state index is 12.0. The van der Waals surface area contributed by atoms with Crippen LogP contribution in [0.3, 0.4) is 0 Å². The van der Waals surface area contributed by atoms with Crippen molar-refractivity contribution in [3.8, 4) is 0 Å². The zero-order valence-corrected chi connectivity index (χ0v) is 15.0. The molecule has 0 bridgehead atoms. The maximum absolute atomic E-state index is 12.0. The zero-order valence-electron chi connectivity index (χ0n) is 13.5. The molecule has 0 aromatic heterocycles. The summed E-state index contributed by atoms with van der Waals surface area (Å²) in [7, 11) is 1.35. The van der Waals surface area contributed by atoms with Crippen LogP contribution in [0, 0.1) is 6.92 Å². The van der Waals surface area contributed by atoms with Crippen molar-refractivity contribution in [2.24, 2.45) is 0 Å². The SMILES string of the molecule is COC(=O)c1cccc(CSCC(=O)Nc2ccc(C)c(Cl)c2)c1. The van der Waals surface area contributed by atoms with Crippen LogP contribution in [0.1, 0.15) is 21.5 Å². The lowest BCUT2D eigenvalue weighted by atomic mass is 10.1. The molecule has 0 aliphatic carbocycles. The Morgan fingerprint density at radius 3 is 2.71 bits per heavy atom. The first kappa shape index (κ1) is 18.4. The number of halogens is 1. The molecule has 0 radical (unpaired) electrons. The lowest BCUT2D eigenvalue weighted by Gasteiger charge is -2.07. The second-order valence-corrected chi connectivity index (χ2v) is 6.59. The van der Waals surface area contributed by atoms with E-state index < -0.39 is 0 Å². The van der Waals surface area contributed by atoms with Gasteiger partial charge in [0.1, 0.15) is 0 Å². The van der Waals surface area contributed by atoms with Crippen molar-refractivity contribution >= 4 is 40.9 Å². The van der Waals surface area contributed by atoms with E-state index in [1.54, 1.807) is 24.3 Å². The lowest BCUT2D eigenvalue weighted by molar-refractivity contribution is -0.113. The molecular weight excluding hydrogens is 346 g/mol. The summed E-state index contributed by atoms with van der Waals surface area (Å²) in [5.41, 5.74) is 3.13. The van der Waals surface area contributed by atoms with Crippen LogP contribution >= 0.6 is 23.4 Å². The number of anilines is 1. The molecule has 126 valence electrons. The second kappa shape index (κ2) is 8.76. The minimum Gasteiger partial charge on any atom is -0.465 e. The average Bonchev–Trinajstić information content (AvgIpc) is 2.57. The highest BCUT2D eigenvalue weighted by atomic mass is 35.5. The number of aryl methyl sites for hydroxylation is 1. The fourth-order valence-electron chi connectivity index (χ4n) is 2.04. The fourth-order valence-corrected chi connectivity index (χ4v) is 2.99. The predicted octanol–water partition coefficient (Wildman–Crippen LogP) is 4.31. The third kappa shape index (κ3) is 5.28. The molecule has 0 fully saturated rings. The molecule has 6 heteroatoms. The van der Waals surface area contributed by atoms with E-state index in [0.29, 0.717) is 27.8 Å². The van der Waals surface area contributed by atoms with E-state index in [1.165, 1.54) is 18.9 Å². The number of thioether (sulfide) groups is 1. The van der Waals surface area contributed by atoms with Gasteiger partial charge >= 0.3 is 5.97 Å². The van der Waals surface area contributed by atoms with Gasteiger partial charge in [0.25, 0.3) is 0 Å². The summed E-state index contributed by atoms with van der Waals surface area (Å²) < 4.78 is 4.70. The number of methoxy groups -OCH3 is 1. The van der Waals surface area contributed by atoms with Crippen LogP contribution in [0.5, 0.6) is 0 Å². The van der Waals surface area contributed by atoms with Gasteiger partial charge in [0, 0.05) is 16.5 Å². The summed E-state index contributed by atoms with van der Waals surface area (Å²) in [6, 6.07) is 12.6. The topological polar surface area (TPSA) is 55.4 Å². The van der Waals surface area contributed by atoms with Crippen molar-refractivity contribution < 1.29 is 14.3 Å². The van der Waals surface area contributed by atoms with Crippen molar-refractivity contribution in [2.75, 3.05) is 18.2 Å². The van der Waals surface area contributed by atoms with E-state index in [2.05, 4.69) is 5.32 Å². The lowest BCUT2D eigenvalue weighted by Crippen LogP contribution is -2.14. The highest BCUT2D eigenvalue weighted by molar-refractivity contribution is 7.99. The number of nitrogens with one attached hydrogen (secondary N) is 1. The van der Waals surface area contributed by atoms with Crippen LogP contribution in [-0.2, 0) is 15.3 Å². The number of carbonyl (C=O) groups excluding carboxylic acids is 2. The summed E-state index contributed by atoms with van der Waals surface area (Å²) in [6.07, 6.45) is 0. The van der Waals surface area contributed by atoms with Gasteiger partial charge in [-0.25, -0.2) is 4.79 Å². The molecular formula is C18H18ClNO3S. The van der Waals surface area contributed by atoms with Crippen LogP contribution < -0.4 is 5.32 Å². The molecule has 0 spiro atoms. The molecule has 0 saturated carbocycles. The third-order valence-electron chi connectivity index (χ3n) is 3.31. The number of amides is 1. The fraction of sp³-hybridized carbons (Fsp3) is 0.222. The molecule has 0 atom stereocenters. The number of carbonyl (C=O) groups is 2. The predicted molar refractivity (Wildman–Crippen MR) is 98.8 cm³/mol. The molecule has 4 nitrogen and oxygen atoms in total. The van der Waals surface area contributed by atoms with Crippen molar-refractivity contribution in [3.63, 3.8) is 0 Å². The molecule has 0 heterocycles. The molecule has 2 rings (SSSR count). The van der Waals surface area contributed by atoms with Gasteiger partial charge in [-0.15, -0.1) is 11.8 Å². The molecule has 0 aliphatic rings. The number of ether oxygens (including phenoxy) is 1. The Morgan fingerprint density at radius 1 is 1.21 bits per heavy atom. The minimum absolute atomic E-state index is 0.0935. The van der Waals surface area contributed by atoms with Crippen LogP contribution in [0.25, 0.3) is 0 Å². The largest absolute Gasteiger partial charge is 0.465 e. The van der Waals surface area contributed by atoms with E-state index in [1.807, 2.05) is 25.1 Å². The smallest absolute Gasteiger partial charge is 0.337 e. The standard InChI is InChI=1S/C18H18ClNO3S/c1-12-6-7-15(9-16(12)19)20-17(21)11-24-10-13-4-3-5-14(8-13)18(22)23-2/h3-9H,10-11H2,1-2H3,(H,20,21). The maximum Gasteiger partial charge on any atom is 0.337 e. The van der Waals surface area contributed by atoms with Gasteiger partial charge in [-0.05, 0) is 42.3 Å². The van der Waals surface area contributed by atoms with Gasteiger partial charge in [0.15, 0.2) is 0 Å². The molecule has 24 heavy (non-hydrogen) atoms. The van der Waals surface area contributed by atoms with Crippen molar-refractivity contribution in [1.29, 1.82) is 0 Å². The molecule has 1 amide bonds. The summed E-state index contributed by atoms with van der Waals surface area (Å²) in [4.78, 5) is 23.5. The second-order valence-electron chi connectivity index (χ2n) is 5.20. The van der Waals surface area contributed by atoms with Gasteiger partial charge in [-0.3, -0.25) is 4.79 Å². The Morgan fingerprint density at radius 2 is 2.00 bits per heavy atom. The zero-order chi connectivity index (χ0) is 17.5. The summed E-state index contributed by atoms with van der Waals surface area (Å²) in [5, 5.41) is 3.44. The van der Waals surface area contributed by atoms with E-state index in [-0.39, 0.29) is 11.9 Å². The number of hydrogen-bond donors (Lipinski definition) is 1. The first-order valence-corrected chi connectivity index (χ1v) is 8.84. The molecule has 0 aliphatic heterocycles. The third-order valence-corrected chi connectivity index (χ3v) is 4.72. The van der Waals surface area contributed by atoms with Gasteiger partial charge in [-0.2, -0.15) is 0 Å². The number of esters is 1. The Labute approximate surface area is 150 Å². The van der Waals surface area contributed by atoms with Gasteiger partial charge < -0.3 is 10.1 Å². The van der Waals surface area contributed by atoms with Gasteiger partial charge in [0.2, 0.25) is 5.91 Å². The summed E-state index contributed by atoms with van der Waals surface area (Å²) in [5.74, 6) is 0.487. The van der Waals surface area contributed by atoms with E-state index in [9.17, 15) is 9.59 Å². The van der Waals surface area contributed by atoms with E-state index in [0.717, 1.165) is 11.1 Å². The first-order valence-electron chi connectivity index (χ1n) is 7.30. The first-order chi connectivity index (χ1) is 11.5. The number of hydrogen-bond acceptors (Lipinski definition) is 4. The Bertz CT molecular complexity index is 749. The highest BCUT2D eigenvalue weighted by Gasteiger charge is 2.07. The monoisotopic (exact) mass is 363 g/mol. The Hall–Kier alpha value is -1.98. The summed E-state index contributed by atoms with van der Waals surface area (Å²) in [6.45, 7) is 1.91. The average molecular weight is 364 g/mol. The van der Waals surface area contributed by atoms with Crippen LogP contribution in [0.15, 0.2) is 42.5 Å². The van der Waals surface area contributed by atoms with Gasteiger partial charge in [0.05, 0.1) is 18.4 Å². The normalized spacial score (nSPS) is 10.3. The van der Waals surface area contributed by atoms with Crippen LogP contribution in [0.2, 0.25) is 5.02 Å². The Balaban J connectivity index is 1.84. The summed E-state index contributed by atoms with van der Waals surface area (Å²) >= 11 is 7.51. The minimum atomic E-state index is -0.365. The quantitative estimate of drug-likeness (QED) is 0.777. The molecule has 2 aromatic carbocycles. The molecule has 0 unspecified atom stereocenters. The van der Waals surface area contributed by atoms with Gasteiger partial charge in [-0.1, -0.05) is 29.8 Å². The molecule has 0 saturated heterocycles. The van der Waals surface area contributed by atoms with E-state index >= 15 is 0 Å². The van der Waals surface area contributed by atoms with Crippen molar-refractivity contribution in [2.45, 2.75) is 12.7 Å². The van der Waals surface area contributed by atoms with Crippen molar-refractivity contribution in [1.82, 2.24) is 0 Å². The molecule has 2 aromatic rings. The Kier molecular flexibility index (Phi) is 6.70. The number of benzene rings is 2. The van der Waals surface area contributed by atoms with Crippen molar-refractivity contribution in [3.05, 3.63) is 64.2 Å².